The summed E-state index contributed by atoms with van der Waals surface area (Å²) < 4.78 is 7.15. The number of imide groups is 1. The van der Waals surface area contributed by atoms with E-state index in [0.717, 1.165) is 11.4 Å². The van der Waals surface area contributed by atoms with Crippen molar-refractivity contribution < 1.29 is 14.3 Å². The molecular formula is C17H21N5O3S. The van der Waals surface area contributed by atoms with Crippen molar-refractivity contribution in [2.24, 2.45) is 0 Å². The molecule has 0 spiro atoms. The SMILES string of the molecule is COCCn1c(Cc2ccccc2)nnc1SCC(=O)N1CCNC1=O. The monoisotopic (exact) mass is 375 g/mol. The van der Waals surface area contributed by atoms with Gasteiger partial charge in [0, 0.05) is 33.2 Å². The van der Waals surface area contributed by atoms with Crippen molar-refractivity contribution in [2.75, 3.05) is 32.6 Å². The zero-order valence-electron chi connectivity index (χ0n) is 14.6. The first-order valence-corrected chi connectivity index (χ1v) is 9.33. The van der Waals surface area contributed by atoms with Crippen LogP contribution in [-0.2, 0) is 22.5 Å². The van der Waals surface area contributed by atoms with Crippen molar-refractivity contribution in [1.82, 2.24) is 25.0 Å². The maximum Gasteiger partial charge on any atom is 0.324 e. The molecule has 0 aliphatic carbocycles. The zero-order chi connectivity index (χ0) is 18.4. The smallest absolute Gasteiger partial charge is 0.324 e. The Bertz CT molecular complexity index is 765. The second kappa shape index (κ2) is 8.81. The largest absolute Gasteiger partial charge is 0.383 e. The van der Waals surface area contributed by atoms with Crippen LogP contribution >= 0.6 is 11.8 Å². The Hall–Kier alpha value is -2.39. The Morgan fingerprint density at radius 1 is 1.31 bits per heavy atom. The number of carbonyl (C=O) groups is 2. The highest BCUT2D eigenvalue weighted by Crippen LogP contribution is 2.20. The molecule has 3 amide bonds. The van der Waals surface area contributed by atoms with Gasteiger partial charge < -0.3 is 14.6 Å². The van der Waals surface area contributed by atoms with Gasteiger partial charge in [0.15, 0.2) is 5.16 Å². The van der Waals surface area contributed by atoms with Crippen molar-refractivity contribution in [3.8, 4) is 0 Å². The van der Waals surface area contributed by atoms with Gasteiger partial charge in [-0.25, -0.2) is 4.79 Å². The van der Waals surface area contributed by atoms with E-state index in [1.165, 1.54) is 16.7 Å². The second-order valence-corrected chi connectivity index (χ2v) is 6.71. The van der Waals surface area contributed by atoms with Crippen molar-refractivity contribution in [2.45, 2.75) is 18.1 Å². The molecule has 8 nitrogen and oxygen atoms in total. The van der Waals surface area contributed by atoms with Gasteiger partial charge in [0.2, 0.25) is 5.91 Å². The summed E-state index contributed by atoms with van der Waals surface area (Å²) in [5.41, 5.74) is 1.14. The van der Waals surface area contributed by atoms with Gasteiger partial charge in [-0.05, 0) is 5.56 Å². The highest BCUT2D eigenvalue weighted by Gasteiger charge is 2.26. The Kier molecular flexibility index (Phi) is 6.24. The van der Waals surface area contributed by atoms with Crippen molar-refractivity contribution in [3.63, 3.8) is 0 Å². The van der Waals surface area contributed by atoms with Crippen molar-refractivity contribution >= 4 is 23.7 Å². The van der Waals surface area contributed by atoms with E-state index in [-0.39, 0.29) is 17.7 Å². The lowest BCUT2D eigenvalue weighted by atomic mass is 10.1. The fourth-order valence-electron chi connectivity index (χ4n) is 2.66. The number of carbonyl (C=O) groups excluding carboxylic acids is 2. The van der Waals surface area contributed by atoms with Gasteiger partial charge >= 0.3 is 6.03 Å². The number of amides is 3. The normalized spacial score (nSPS) is 13.9. The first-order chi connectivity index (χ1) is 12.7. The minimum Gasteiger partial charge on any atom is -0.383 e. The van der Waals surface area contributed by atoms with Crippen LogP contribution in [0.4, 0.5) is 4.79 Å². The molecule has 1 aromatic heterocycles. The molecule has 1 fully saturated rings. The number of aromatic nitrogens is 3. The van der Waals surface area contributed by atoms with Crippen LogP contribution in [0, 0.1) is 0 Å². The quantitative estimate of drug-likeness (QED) is 0.697. The lowest BCUT2D eigenvalue weighted by Gasteiger charge is -2.12. The van der Waals surface area contributed by atoms with E-state index >= 15 is 0 Å². The lowest BCUT2D eigenvalue weighted by Crippen LogP contribution is -2.35. The number of thioether (sulfide) groups is 1. The maximum atomic E-state index is 12.2. The molecular weight excluding hydrogens is 354 g/mol. The fraction of sp³-hybridized carbons (Fsp3) is 0.412. The number of rotatable bonds is 8. The predicted molar refractivity (Wildman–Crippen MR) is 97.0 cm³/mol. The summed E-state index contributed by atoms with van der Waals surface area (Å²) in [6.07, 6.45) is 0.653. The summed E-state index contributed by atoms with van der Waals surface area (Å²) in [6.45, 7) is 2.04. The molecule has 1 aliphatic rings. The summed E-state index contributed by atoms with van der Waals surface area (Å²) in [5, 5.41) is 11.8. The van der Waals surface area contributed by atoms with Crippen LogP contribution in [0.2, 0.25) is 0 Å². The van der Waals surface area contributed by atoms with Gasteiger partial charge in [-0.2, -0.15) is 0 Å². The molecule has 9 heteroatoms. The van der Waals surface area contributed by atoms with Crippen LogP contribution in [0.25, 0.3) is 0 Å². The highest BCUT2D eigenvalue weighted by atomic mass is 32.2. The fourth-order valence-corrected chi connectivity index (χ4v) is 3.52. The summed E-state index contributed by atoms with van der Waals surface area (Å²) in [7, 11) is 1.64. The Labute approximate surface area is 155 Å². The van der Waals surface area contributed by atoms with E-state index in [4.69, 9.17) is 4.74 Å². The van der Waals surface area contributed by atoms with Gasteiger partial charge in [0.05, 0.1) is 12.4 Å². The maximum absolute atomic E-state index is 12.2. The Morgan fingerprint density at radius 3 is 2.81 bits per heavy atom. The van der Waals surface area contributed by atoms with Crippen LogP contribution in [0.5, 0.6) is 0 Å². The number of ether oxygens (including phenoxy) is 1. The van der Waals surface area contributed by atoms with E-state index in [0.29, 0.717) is 37.8 Å². The average molecular weight is 375 g/mol. The highest BCUT2D eigenvalue weighted by molar-refractivity contribution is 7.99. The average Bonchev–Trinajstić information content (AvgIpc) is 3.25. The van der Waals surface area contributed by atoms with E-state index in [1.807, 2.05) is 34.9 Å². The molecule has 1 saturated heterocycles. The molecule has 2 heterocycles. The van der Waals surface area contributed by atoms with Crippen LogP contribution in [0.1, 0.15) is 11.4 Å². The van der Waals surface area contributed by atoms with Gasteiger partial charge in [-0.15, -0.1) is 10.2 Å². The molecule has 0 atom stereocenters. The van der Waals surface area contributed by atoms with Gasteiger partial charge in [0.1, 0.15) is 5.82 Å². The van der Waals surface area contributed by atoms with Crippen LogP contribution in [0.15, 0.2) is 35.5 Å². The number of nitrogens with zero attached hydrogens (tertiary/aromatic N) is 4. The summed E-state index contributed by atoms with van der Waals surface area (Å²) in [6, 6.07) is 9.69. The first-order valence-electron chi connectivity index (χ1n) is 8.35. The molecule has 0 unspecified atom stereocenters. The minimum absolute atomic E-state index is 0.143. The van der Waals surface area contributed by atoms with E-state index in [1.54, 1.807) is 7.11 Å². The summed E-state index contributed by atoms with van der Waals surface area (Å²) in [5.74, 6) is 0.738. The van der Waals surface area contributed by atoms with E-state index in [9.17, 15) is 9.59 Å². The molecule has 1 N–H and O–H groups in total. The first kappa shape index (κ1) is 18.4. The number of urea groups is 1. The predicted octanol–water partition coefficient (Wildman–Crippen LogP) is 1.16. The van der Waals surface area contributed by atoms with E-state index in [2.05, 4.69) is 15.5 Å². The minimum atomic E-state index is -0.332. The second-order valence-electron chi connectivity index (χ2n) is 5.77. The molecule has 2 aromatic rings. The topological polar surface area (TPSA) is 89.3 Å². The zero-order valence-corrected chi connectivity index (χ0v) is 15.4. The number of hydrogen-bond acceptors (Lipinski definition) is 6. The summed E-state index contributed by atoms with van der Waals surface area (Å²) >= 11 is 1.29. The molecule has 3 rings (SSSR count). The molecule has 1 aliphatic heterocycles. The van der Waals surface area contributed by atoms with Gasteiger partial charge in [-0.1, -0.05) is 42.1 Å². The van der Waals surface area contributed by atoms with Crippen LogP contribution in [-0.4, -0.2) is 64.2 Å². The third-order valence-corrected chi connectivity index (χ3v) is 4.95. The number of methoxy groups -OCH3 is 1. The van der Waals surface area contributed by atoms with Crippen LogP contribution < -0.4 is 5.32 Å². The number of benzene rings is 1. The Morgan fingerprint density at radius 2 is 2.12 bits per heavy atom. The number of hydrogen-bond donors (Lipinski definition) is 1. The van der Waals surface area contributed by atoms with Gasteiger partial charge in [-0.3, -0.25) is 9.69 Å². The molecule has 0 saturated carbocycles. The molecule has 26 heavy (non-hydrogen) atoms. The molecule has 0 radical (unpaired) electrons. The van der Waals surface area contributed by atoms with E-state index < -0.39 is 0 Å². The van der Waals surface area contributed by atoms with Crippen molar-refractivity contribution in [1.29, 1.82) is 0 Å². The lowest BCUT2D eigenvalue weighted by molar-refractivity contribution is -0.124. The molecule has 0 bridgehead atoms. The Balaban J connectivity index is 1.69. The summed E-state index contributed by atoms with van der Waals surface area (Å²) in [4.78, 5) is 25.0. The number of nitrogens with one attached hydrogen (secondary N) is 1. The van der Waals surface area contributed by atoms with Crippen molar-refractivity contribution in [3.05, 3.63) is 41.7 Å². The molecule has 1 aromatic carbocycles. The van der Waals surface area contributed by atoms with Gasteiger partial charge in [0.25, 0.3) is 0 Å². The third-order valence-electron chi connectivity index (χ3n) is 4.00. The molecule has 138 valence electrons. The third kappa shape index (κ3) is 4.41. The standard InChI is InChI=1S/C17H21N5O3S/c1-25-10-9-21-14(11-13-5-3-2-4-6-13)19-20-17(21)26-12-15(23)22-8-7-18-16(22)24/h2-6H,7-12H2,1H3,(H,18,24). The van der Waals surface area contributed by atoms with Crippen LogP contribution in [0.3, 0.4) is 0 Å².